The summed E-state index contributed by atoms with van der Waals surface area (Å²) in [4.78, 5) is 33.9. The third kappa shape index (κ3) is 2.63. The van der Waals surface area contributed by atoms with Crippen LogP contribution in [0.15, 0.2) is 59.7 Å². The SMILES string of the molecule is CCCn1c(NC(=O)c2cnc3ccccn3c2=O)nc2ccccc21. The molecule has 0 saturated heterocycles. The van der Waals surface area contributed by atoms with Gasteiger partial charge in [-0.15, -0.1) is 0 Å². The van der Waals surface area contributed by atoms with Crippen molar-refractivity contribution in [2.45, 2.75) is 19.9 Å². The van der Waals surface area contributed by atoms with Gasteiger partial charge in [-0.1, -0.05) is 25.1 Å². The quantitative estimate of drug-likeness (QED) is 0.615. The van der Waals surface area contributed by atoms with E-state index in [-0.39, 0.29) is 5.56 Å². The summed E-state index contributed by atoms with van der Waals surface area (Å²) in [5.74, 6) is -0.0935. The van der Waals surface area contributed by atoms with Gasteiger partial charge in [0, 0.05) is 18.9 Å². The first-order valence-electron chi connectivity index (χ1n) is 8.42. The largest absolute Gasteiger partial charge is 0.310 e. The fourth-order valence-corrected chi connectivity index (χ4v) is 2.97. The second-order valence-electron chi connectivity index (χ2n) is 5.94. The minimum absolute atomic E-state index is 0.0243. The molecule has 0 spiro atoms. The Morgan fingerprint density at radius 1 is 1.15 bits per heavy atom. The van der Waals surface area contributed by atoms with Gasteiger partial charge in [0.25, 0.3) is 11.5 Å². The molecule has 0 atom stereocenters. The number of hydrogen-bond donors (Lipinski definition) is 1. The summed E-state index contributed by atoms with van der Waals surface area (Å²) >= 11 is 0. The first-order valence-corrected chi connectivity index (χ1v) is 8.42. The van der Waals surface area contributed by atoms with Crippen molar-refractivity contribution < 1.29 is 4.79 Å². The Bertz CT molecular complexity index is 1180. The third-order valence-electron chi connectivity index (χ3n) is 4.19. The highest BCUT2D eigenvalue weighted by atomic mass is 16.2. The number of fused-ring (bicyclic) bond motifs is 2. The molecule has 7 nitrogen and oxygen atoms in total. The van der Waals surface area contributed by atoms with Crippen LogP contribution in [0.2, 0.25) is 0 Å². The van der Waals surface area contributed by atoms with E-state index in [4.69, 9.17) is 0 Å². The van der Waals surface area contributed by atoms with Gasteiger partial charge in [0.1, 0.15) is 11.2 Å². The normalized spacial score (nSPS) is 11.1. The smallest absolute Gasteiger partial charge is 0.270 e. The van der Waals surface area contributed by atoms with E-state index >= 15 is 0 Å². The number of carbonyl (C=O) groups excluding carboxylic acids is 1. The lowest BCUT2D eigenvalue weighted by molar-refractivity contribution is 0.102. The van der Waals surface area contributed by atoms with Crippen molar-refractivity contribution in [3.05, 3.63) is 70.8 Å². The van der Waals surface area contributed by atoms with Crippen LogP contribution in [0.3, 0.4) is 0 Å². The van der Waals surface area contributed by atoms with Crippen LogP contribution in [0.5, 0.6) is 0 Å². The maximum atomic E-state index is 12.7. The van der Waals surface area contributed by atoms with Crippen molar-refractivity contribution in [1.82, 2.24) is 18.9 Å². The Labute approximate surface area is 148 Å². The van der Waals surface area contributed by atoms with E-state index in [9.17, 15) is 9.59 Å². The summed E-state index contributed by atoms with van der Waals surface area (Å²) in [7, 11) is 0. The van der Waals surface area contributed by atoms with Crippen molar-refractivity contribution >= 4 is 28.5 Å². The molecule has 1 N–H and O–H groups in total. The van der Waals surface area contributed by atoms with Crippen LogP contribution in [0.1, 0.15) is 23.7 Å². The number of amides is 1. The Kier molecular flexibility index (Phi) is 3.96. The van der Waals surface area contributed by atoms with Gasteiger partial charge in [0.15, 0.2) is 0 Å². The molecule has 7 heteroatoms. The highest BCUT2D eigenvalue weighted by Crippen LogP contribution is 2.20. The number of para-hydroxylation sites is 2. The Balaban J connectivity index is 1.75. The van der Waals surface area contributed by atoms with Gasteiger partial charge in [-0.05, 0) is 30.7 Å². The van der Waals surface area contributed by atoms with Crippen LogP contribution in [0, 0.1) is 0 Å². The summed E-state index contributed by atoms with van der Waals surface area (Å²) in [6.45, 7) is 2.77. The number of rotatable bonds is 4. The van der Waals surface area contributed by atoms with Crippen molar-refractivity contribution in [3.63, 3.8) is 0 Å². The summed E-state index contributed by atoms with van der Waals surface area (Å²) in [6.07, 6.45) is 3.79. The molecule has 3 heterocycles. The van der Waals surface area contributed by atoms with E-state index in [0.29, 0.717) is 18.1 Å². The van der Waals surface area contributed by atoms with Crippen molar-refractivity contribution in [2.75, 3.05) is 5.32 Å². The molecule has 0 aliphatic rings. The number of benzene rings is 1. The second kappa shape index (κ2) is 6.44. The topological polar surface area (TPSA) is 81.3 Å². The van der Waals surface area contributed by atoms with E-state index in [2.05, 4.69) is 22.2 Å². The first-order chi connectivity index (χ1) is 12.7. The Morgan fingerprint density at radius 2 is 1.96 bits per heavy atom. The summed E-state index contributed by atoms with van der Waals surface area (Å²) in [5.41, 5.74) is 1.80. The van der Waals surface area contributed by atoms with E-state index in [1.165, 1.54) is 10.6 Å². The van der Waals surface area contributed by atoms with Crippen LogP contribution in [0.25, 0.3) is 16.7 Å². The zero-order valence-corrected chi connectivity index (χ0v) is 14.2. The molecule has 0 unspecified atom stereocenters. The molecule has 0 radical (unpaired) electrons. The lowest BCUT2D eigenvalue weighted by atomic mass is 10.3. The number of imidazole rings is 1. The van der Waals surface area contributed by atoms with Gasteiger partial charge in [-0.3, -0.25) is 19.3 Å². The fraction of sp³-hybridized carbons (Fsp3) is 0.158. The number of carbonyl (C=O) groups is 1. The molecule has 0 aliphatic heterocycles. The van der Waals surface area contributed by atoms with Gasteiger partial charge in [0.05, 0.1) is 11.0 Å². The molecule has 3 aromatic heterocycles. The van der Waals surface area contributed by atoms with Crippen LogP contribution >= 0.6 is 0 Å². The number of aromatic nitrogens is 4. The molecule has 4 aromatic rings. The van der Waals surface area contributed by atoms with Crippen molar-refractivity contribution in [3.8, 4) is 0 Å². The van der Waals surface area contributed by atoms with Gasteiger partial charge < -0.3 is 4.57 Å². The lowest BCUT2D eigenvalue weighted by Gasteiger charge is -2.09. The molecule has 26 heavy (non-hydrogen) atoms. The van der Waals surface area contributed by atoms with Gasteiger partial charge in [-0.2, -0.15) is 0 Å². The van der Waals surface area contributed by atoms with Crippen LogP contribution in [-0.2, 0) is 6.54 Å². The number of aryl methyl sites for hydroxylation is 1. The fourth-order valence-electron chi connectivity index (χ4n) is 2.97. The van der Waals surface area contributed by atoms with Gasteiger partial charge >= 0.3 is 0 Å². The minimum atomic E-state index is -0.520. The van der Waals surface area contributed by atoms with E-state index in [0.717, 1.165) is 17.5 Å². The lowest BCUT2D eigenvalue weighted by Crippen LogP contribution is -2.27. The zero-order valence-electron chi connectivity index (χ0n) is 14.2. The maximum absolute atomic E-state index is 12.7. The monoisotopic (exact) mass is 347 g/mol. The van der Waals surface area contributed by atoms with Crippen molar-refractivity contribution in [2.24, 2.45) is 0 Å². The highest BCUT2D eigenvalue weighted by Gasteiger charge is 2.17. The average Bonchev–Trinajstić information content (AvgIpc) is 3.00. The number of nitrogens with one attached hydrogen (secondary N) is 1. The van der Waals surface area contributed by atoms with E-state index in [1.54, 1.807) is 24.4 Å². The predicted molar refractivity (Wildman–Crippen MR) is 99.4 cm³/mol. The van der Waals surface area contributed by atoms with Crippen LogP contribution in [0.4, 0.5) is 5.95 Å². The van der Waals surface area contributed by atoms with E-state index < -0.39 is 11.5 Å². The molecule has 130 valence electrons. The van der Waals surface area contributed by atoms with Crippen molar-refractivity contribution in [1.29, 1.82) is 0 Å². The number of anilines is 1. The van der Waals surface area contributed by atoms with Gasteiger partial charge in [0.2, 0.25) is 5.95 Å². The molecular weight excluding hydrogens is 330 g/mol. The molecule has 0 fully saturated rings. The molecule has 4 rings (SSSR count). The van der Waals surface area contributed by atoms with E-state index in [1.807, 2.05) is 28.8 Å². The molecule has 0 aliphatic carbocycles. The predicted octanol–water partition coefficient (Wildman–Crippen LogP) is 2.71. The number of nitrogens with zero attached hydrogens (tertiary/aromatic N) is 4. The minimum Gasteiger partial charge on any atom is -0.310 e. The van der Waals surface area contributed by atoms with Crippen LogP contribution < -0.4 is 10.9 Å². The van der Waals surface area contributed by atoms with Gasteiger partial charge in [-0.25, -0.2) is 9.97 Å². The maximum Gasteiger partial charge on any atom is 0.270 e. The third-order valence-corrected chi connectivity index (χ3v) is 4.19. The molecule has 1 aromatic carbocycles. The number of hydrogen-bond acceptors (Lipinski definition) is 4. The second-order valence-corrected chi connectivity index (χ2v) is 5.94. The number of pyridine rings is 1. The molecule has 0 bridgehead atoms. The Morgan fingerprint density at radius 3 is 2.81 bits per heavy atom. The first kappa shape index (κ1) is 16.0. The Hall–Kier alpha value is -3.48. The van der Waals surface area contributed by atoms with Crippen LogP contribution in [-0.4, -0.2) is 24.8 Å². The summed E-state index contributed by atoms with van der Waals surface area (Å²) in [6, 6.07) is 12.9. The highest BCUT2D eigenvalue weighted by molar-refractivity contribution is 6.03. The summed E-state index contributed by atoms with van der Waals surface area (Å²) in [5, 5.41) is 2.77. The summed E-state index contributed by atoms with van der Waals surface area (Å²) < 4.78 is 3.29. The zero-order chi connectivity index (χ0) is 18.1. The average molecular weight is 347 g/mol. The standard InChI is InChI=1S/C19H17N5O2/c1-2-10-23-15-8-4-3-7-14(15)21-19(23)22-17(25)13-12-20-16-9-5-6-11-24(16)18(13)26/h3-9,11-12H,2,10H2,1H3,(H,21,22,25). The molecule has 1 amide bonds. The molecule has 0 saturated carbocycles. The molecular formula is C19H17N5O2.